The smallest absolute Gasteiger partial charge is 0.415 e. The lowest BCUT2D eigenvalue weighted by molar-refractivity contribution is 0.181. The first-order valence-corrected chi connectivity index (χ1v) is 5.56. The van der Waals surface area contributed by atoms with Gasteiger partial charge in [0.1, 0.15) is 12.4 Å². The first-order chi connectivity index (χ1) is 7.66. The number of ether oxygens (including phenoxy) is 1. The Hall–Kier alpha value is -1.58. The fourth-order valence-electron chi connectivity index (χ4n) is 1.77. The van der Waals surface area contributed by atoms with Gasteiger partial charge >= 0.3 is 6.09 Å². The zero-order chi connectivity index (χ0) is 11.5. The maximum Gasteiger partial charge on any atom is 0.415 e. The van der Waals surface area contributed by atoms with Crippen LogP contribution in [0, 0.1) is 5.92 Å². The van der Waals surface area contributed by atoms with Crippen LogP contribution < -0.4 is 4.90 Å². The summed E-state index contributed by atoms with van der Waals surface area (Å²) in [6, 6.07) is 3.90. The number of hydrogen-bond donors (Lipinski definition) is 0. The number of anilines is 1. The van der Waals surface area contributed by atoms with Crippen molar-refractivity contribution in [1.82, 2.24) is 4.98 Å². The molecule has 1 aromatic rings. The van der Waals surface area contributed by atoms with Crippen molar-refractivity contribution in [3.8, 4) is 0 Å². The zero-order valence-electron chi connectivity index (χ0n) is 9.64. The van der Waals surface area contributed by atoms with Crippen LogP contribution in [0.5, 0.6) is 0 Å². The molecule has 4 nitrogen and oxygen atoms in total. The van der Waals surface area contributed by atoms with E-state index in [0.29, 0.717) is 24.9 Å². The van der Waals surface area contributed by atoms with E-state index in [4.69, 9.17) is 4.74 Å². The molecule has 2 rings (SSSR count). The molecule has 1 fully saturated rings. The molecule has 2 heterocycles. The third kappa shape index (κ3) is 2.32. The summed E-state index contributed by atoms with van der Waals surface area (Å²) in [5.41, 5.74) is 1.20. The molecule has 0 spiro atoms. The largest absolute Gasteiger partial charge is 0.447 e. The van der Waals surface area contributed by atoms with Gasteiger partial charge in [0.15, 0.2) is 0 Å². The quantitative estimate of drug-likeness (QED) is 0.784. The number of pyridine rings is 1. The molecule has 0 atom stereocenters. The number of hydrogen-bond acceptors (Lipinski definition) is 3. The summed E-state index contributed by atoms with van der Waals surface area (Å²) in [7, 11) is 0. The maximum atomic E-state index is 11.3. The van der Waals surface area contributed by atoms with E-state index >= 15 is 0 Å². The van der Waals surface area contributed by atoms with E-state index < -0.39 is 0 Å². The summed E-state index contributed by atoms with van der Waals surface area (Å²) in [6.07, 6.45) is 2.54. The van der Waals surface area contributed by atoms with Crippen molar-refractivity contribution in [1.29, 1.82) is 0 Å². The molecule has 1 aliphatic rings. The normalized spacial score (nSPS) is 15.7. The number of amides is 1. The fraction of sp³-hybridized carbons (Fsp3) is 0.500. The van der Waals surface area contributed by atoms with Crippen LogP contribution in [0.25, 0.3) is 0 Å². The molecule has 0 bridgehead atoms. The van der Waals surface area contributed by atoms with Crippen molar-refractivity contribution < 1.29 is 9.53 Å². The summed E-state index contributed by atoms with van der Waals surface area (Å²) in [5.74, 6) is 1.29. The molecular weight excluding hydrogens is 204 g/mol. The molecule has 0 saturated carbocycles. The molecular formula is C12H16N2O2. The number of cyclic esters (lactones) is 1. The number of aromatic nitrogens is 1. The van der Waals surface area contributed by atoms with Gasteiger partial charge in [-0.2, -0.15) is 0 Å². The van der Waals surface area contributed by atoms with E-state index in [9.17, 15) is 4.79 Å². The van der Waals surface area contributed by atoms with E-state index in [1.54, 1.807) is 4.90 Å². The number of carbonyl (C=O) groups is 1. The Labute approximate surface area is 95.2 Å². The molecule has 1 amide bonds. The Kier molecular flexibility index (Phi) is 3.08. The molecule has 0 N–H and O–H groups in total. The molecule has 4 heteroatoms. The van der Waals surface area contributed by atoms with E-state index in [-0.39, 0.29) is 6.09 Å². The molecule has 86 valence electrons. The SMILES string of the molecule is CC(C)Cc1ccc(N2CCOC2=O)nc1. The molecule has 1 aromatic heterocycles. The summed E-state index contributed by atoms with van der Waals surface area (Å²) in [5, 5.41) is 0. The highest BCUT2D eigenvalue weighted by atomic mass is 16.6. The maximum absolute atomic E-state index is 11.3. The van der Waals surface area contributed by atoms with E-state index in [0.717, 1.165) is 6.42 Å². The molecule has 0 aliphatic carbocycles. The van der Waals surface area contributed by atoms with Gasteiger partial charge in [-0.1, -0.05) is 19.9 Å². The van der Waals surface area contributed by atoms with Crippen LogP contribution in [-0.4, -0.2) is 24.2 Å². The third-order valence-corrected chi connectivity index (χ3v) is 2.49. The first-order valence-electron chi connectivity index (χ1n) is 5.56. The summed E-state index contributed by atoms with van der Waals surface area (Å²) in [4.78, 5) is 17.1. The first kappa shape index (κ1) is 10.9. The van der Waals surface area contributed by atoms with E-state index in [1.807, 2.05) is 18.3 Å². The average Bonchev–Trinajstić information content (AvgIpc) is 2.65. The third-order valence-electron chi connectivity index (χ3n) is 2.49. The average molecular weight is 220 g/mol. The minimum Gasteiger partial charge on any atom is -0.447 e. The van der Waals surface area contributed by atoms with Gasteiger partial charge in [0.25, 0.3) is 0 Å². The van der Waals surface area contributed by atoms with Crippen LogP contribution in [0.4, 0.5) is 10.6 Å². The second-order valence-corrected chi connectivity index (χ2v) is 4.39. The van der Waals surface area contributed by atoms with Gasteiger partial charge in [0, 0.05) is 6.20 Å². The highest BCUT2D eigenvalue weighted by molar-refractivity contribution is 5.88. The zero-order valence-corrected chi connectivity index (χ0v) is 9.64. The number of nitrogens with zero attached hydrogens (tertiary/aromatic N) is 2. The molecule has 0 radical (unpaired) electrons. The summed E-state index contributed by atoms with van der Waals surface area (Å²) in [6.45, 7) is 5.39. The Morgan fingerprint density at radius 1 is 1.50 bits per heavy atom. The van der Waals surface area contributed by atoms with Crippen LogP contribution in [0.2, 0.25) is 0 Å². The highest BCUT2D eigenvalue weighted by Gasteiger charge is 2.24. The lowest BCUT2D eigenvalue weighted by Gasteiger charge is -2.12. The Morgan fingerprint density at radius 3 is 2.81 bits per heavy atom. The molecule has 0 unspecified atom stereocenters. The van der Waals surface area contributed by atoms with Crippen LogP contribution in [0.3, 0.4) is 0 Å². The Morgan fingerprint density at radius 2 is 2.31 bits per heavy atom. The molecule has 16 heavy (non-hydrogen) atoms. The lowest BCUT2D eigenvalue weighted by Crippen LogP contribution is -2.24. The second-order valence-electron chi connectivity index (χ2n) is 4.39. The van der Waals surface area contributed by atoms with Gasteiger partial charge in [-0.15, -0.1) is 0 Å². The molecule has 1 saturated heterocycles. The number of rotatable bonds is 3. The van der Waals surface area contributed by atoms with E-state index in [1.165, 1.54) is 5.56 Å². The molecule has 1 aliphatic heterocycles. The van der Waals surface area contributed by atoms with Crippen LogP contribution >= 0.6 is 0 Å². The topological polar surface area (TPSA) is 42.4 Å². The van der Waals surface area contributed by atoms with Crippen LogP contribution in [0.15, 0.2) is 18.3 Å². The Balaban J connectivity index is 2.09. The van der Waals surface area contributed by atoms with Gasteiger partial charge in [0.05, 0.1) is 6.54 Å². The van der Waals surface area contributed by atoms with Crippen molar-refractivity contribution in [3.05, 3.63) is 23.9 Å². The second kappa shape index (κ2) is 4.51. The van der Waals surface area contributed by atoms with Gasteiger partial charge < -0.3 is 4.74 Å². The Bertz CT molecular complexity index is 373. The van der Waals surface area contributed by atoms with Crippen molar-refractivity contribution in [2.24, 2.45) is 5.92 Å². The van der Waals surface area contributed by atoms with E-state index in [2.05, 4.69) is 18.8 Å². The summed E-state index contributed by atoms with van der Waals surface area (Å²) < 4.78 is 4.86. The predicted octanol–water partition coefficient (Wildman–Crippen LogP) is 2.24. The van der Waals surface area contributed by atoms with Gasteiger partial charge in [-0.05, 0) is 24.0 Å². The summed E-state index contributed by atoms with van der Waals surface area (Å²) >= 11 is 0. The minimum atomic E-state index is -0.302. The van der Waals surface area contributed by atoms with Crippen LogP contribution in [-0.2, 0) is 11.2 Å². The number of carbonyl (C=O) groups excluding carboxylic acids is 1. The standard InChI is InChI=1S/C12H16N2O2/c1-9(2)7-10-3-4-11(13-8-10)14-5-6-16-12(14)15/h3-4,8-9H,5-7H2,1-2H3. The van der Waals surface area contributed by atoms with Crippen LogP contribution in [0.1, 0.15) is 19.4 Å². The van der Waals surface area contributed by atoms with Crippen molar-refractivity contribution in [3.63, 3.8) is 0 Å². The van der Waals surface area contributed by atoms with Crippen molar-refractivity contribution in [2.45, 2.75) is 20.3 Å². The fourth-order valence-corrected chi connectivity index (χ4v) is 1.77. The van der Waals surface area contributed by atoms with Gasteiger partial charge in [-0.25, -0.2) is 9.78 Å². The lowest BCUT2D eigenvalue weighted by atomic mass is 10.1. The highest BCUT2D eigenvalue weighted by Crippen LogP contribution is 2.17. The van der Waals surface area contributed by atoms with Gasteiger partial charge in [-0.3, -0.25) is 4.90 Å². The molecule has 0 aromatic carbocycles. The van der Waals surface area contributed by atoms with Gasteiger partial charge in [0.2, 0.25) is 0 Å². The van der Waals surface area contributed by atoms with Crippen molar-refractivity contribution >= 4 is 11.9 Å². The minimum absolute atomic E-state index is 0.302. The monoisotopic (exact) mass is 220 g/mol. The predicted molar refractivity (Wildman–Crippen MR) is 61.5 cm³/mol. The van der Waals surface area contributed by atoms with Crippen molar-refractivity contribution in [2.75, 3.05) is 18.1 Å².